The number of aromatic nitrogens is 4. The van der Waals surface area contributed by atoms with Crippen molar-refractivity contribution >= 4 is 34.4 Å². The third-order valence-electron chi connectivity index (χ3n) is 7.40. The van der Waals surface area contributed by atoms with Gasteiger partial charge in [0, 0.05) is 37.8 Å². The summed E-state index contributed by atoms with van der Waals surface area (Å²) in [6, 6.07) is 3.30. The minimum absolute atomic E-state index is 0.0347. The van der Waals surface area contributed by atoms with Gasteiger partial charge < -0.3 is 9.80 Å². The van der Waals surface area contributed by atoms with Crippen LogP contribution < -0.4 is 10.6 Å². The molecule has 0 radical (unpaired) electrons. The molecule has 2 saturated heterocycles. The van der Waals surface area contributed by atoms with Crippen LogP contribution in [0.2, 0.25) is 5.15 Å². The Labute approximate surface area is 214 Å². The van der Waals surface area contributed by atoms with Crippen LogP contribution in [0.15, 0.2) is 23.1 Å². The zero-order chi connectivity index (χ0) is 25.7. The zero-order valence-corrected chi connectivity index (χ0v) is 21.7. The number of anilines is 1. The van der Waals surface area contributed by atoms with Crippen molar-refractivity contribution in [3.05, 3.63) is 51.0 Å². The minimum atomic E-state index is -0.670. The third kappa shape index (κ3) is 4.13. The molecular weight excluding hydrogens is 483 g/mol. The molecule has 8 nitrogen and oxygen atoms in total. The number of nitrogens with zero attached hydrogens (tertiary/aromatic N) is 6. The molecule has 0 aromatic carbocycles. The maximum absolute atomic E-state index is 14.7. The highest BCUT2D eigenvalue weighted by Crippen LogP contribution is 2.33. The number of aryl methyl sites for hydroxylation is 1. The van der Waals surface area contributed by atoms with Crippen molar-refractivity contribution in [1.29, 1.82) is 0 Å². The van der Waals surface area contributed by atoms with Crippen LogP contribution in [-0.2, 0) is 4.79 Å². The molecule has 2 fully saturated rings. The predicted molar refractivity (Wildman–Crippen MR) is 137 cm³/mol. The lowest BCUT2D eigenvalue weighted by atomic mass is 10.0. The summed E-state index contributed by atoms with van der Waals surface area (Å²) in [5, 5.41) is 0.111. The highest BCUT2D eigenvalue weighted by atomic mass is 35.5. The van der Waals surface area contributed by atoms with Crippen molar-refractivity contribution in [2.45, 2.75) is 58.9 Å². The molecule has 1 amide bonds. The smallest absolute Gasteiger partial charge is 0.355 e. The fourth-order valence-electron chi connectivity index (χ4n) is 5.41. The number of hydrogen-bond donors (Lipinski definition) is 0. The molecule has 3 aromatic rings. The van der Waals surface area contributed by atoms with Gasteiger partial charge in [-0.1, -0.05) is 32.4 Å². The van der Waals surface area contributed by atoms with Gasteiger partial charge in [0.15, 0.2) is 16.6 Å². The van der Waals surface area contributed by atoms with Gasteiger partial charge in [-0.25, -0.2) is 18.7 Å². The van der Waals surface area contributed by atoms with Gasteiger partial charge >= 0.3 is 5.69 Å². The lowest BCUT2D eigenvalue weighted by Gasteiger charge is -2.37. The molecular formula is C26H30ClFN6O2. The normalized spacial score (nSPS) is 19.2. The van der Waals surface area contributed by atoms with E-state index in [1.54, 1.807) is 6.20 Å². The van der Waals surface area contributed by atoms with Crippen LogP contribution in [0, 0.1) is 18.7 Å². The van der Waals surface area contributed by atoms with Crippen molar-refractivity contribution < 1.29 is 9.18 Å². The Morgan fingerprint density at radius 3 is 2.47 bits per heavy atom. The van der Waals surface area contributed by atoms with Crippen LogP contribution in [0.25, 0.3) is 16.7 Å². The van der Waals surface area contributed by atoms with E-state index in [-0.39, 0.29) is 34.6 Å². The van der Waals surface area contributed by atoms with Gasteiger partial charge in [-0.15, -0.1) is 0 Å². The number of likely N-dealkylation sites (tertiary alicyclic amines) is 1. The average Bonchev–Trinajstić information content (AvgIpc) is 3.18. The number of fused-ring (bicyclic) bond motifs is 1. The second-order valence-electron chi connectivity index (χ2n) is 10.1. The number of hydrogen-bond acceptors (Lipinski definition) is 6. The van der Waals surface area contributed by atoms with Gasteiger partial charge in [-0.3, -0.25) is 9.78 Å². The van der Waals surface area contributed by atoms with Crippen LogP contribution >= 0.6 is 11.6 Å². The minimum Gasteiger partial charge on any atom is -0.356 e. The topological polar surface area (TPSA) is 84.2 Å². The molecule has 0 N–H and O–H groups in total. The van der Waals surface area contributed by atoms with Crippen molar-refractivity contribution in [3.8, 4) is 5.69 Å². The Hall–Kier alpha value is -3.07. The van der Waals surface area contributed by atoms with Crippen LogP contribution in [0.3, 0.4) is 0 Å². The summed E-state index contributed by atoms with van der Waals surface area (Å²) in [5.41, 5.74) is 1.88. The van der Waals surface area contributed by atoms with Gasteiger partial charge in [0.1, 0.15) is 5.82 Å². The van der Waals surface area contributed by atoms with E-state index in [9.17, 15) is 14.0 Å². The van der Waals surface area contributed by atoms with Gasteiger partial charge in [0.2, 0.25) is 5.91 Å². The van der Waals surface area contributed by atoms with Crippen LogP contribution in [-0.4, -0.2) is 56.0 Å². The molecule has 1 atom stereocenters. The largest absolute Gasteiger partial charge is 0.356 e. The van der Waals surface area contributed by atoms with E-state index in [0.717, 1.165) is 37.1 Å². The summed E-state index contributed by atoms with van der Waals surface area (Å²) in [5.74, 6) is 0.0463. The van der Waals surface area contributed by atoms with E-state index in [0.29, 0.717) is 30.0 Å². The molecule has 190 valence electrons. The SMILES string of the molecule is Cc1ccnc(C(C)C)c1-n1c(=O)nc(N2CCC(N3CCC(C)C3=O)CC2)c2cc(F)c(Cl)nc21. The molecule has 36 heavy (non-hydrogen) atoms. The van der Waals surface area contributed by atoms with E-state index >= 15 is 0 Å². The summed E-state index contributed by atoms with van der Waals surface area (Å²) in [7, 11) is 0. The first-order valence-electron chi connectivity index (χ1n) is 12.5. The summed E-state index contributed by atoms with van der Waals surface area (Å²) in [6.45, 7) is 9.85. The van der Waals surface area contributed by atoms with E-state index < -0.39 is 11.5 Å². The van der Waals surface area contributed by atoms with Gasteiger partial charge in [-0.2, -0.15) is 4.98 Å². The predicted octanol–water partition coefficient (Wildman–Crippen LogP) is 4.24. The molecule has 10 heteroatoms. The summed E-state index contributed by atoms with van der Waals surface area (Å²) >= 11 is 6.11. The molecule has 0 spiro atoms. The maximum atomic E-state index is 14.7. The Morgan fingerprint density at radius 2 is 1.83 bits per heavy atom. The highest BCUT2D eigenvalue weighted by Gasteiger charge is 2.35. The number of carbonyl (C=O) groups is 1. The molecule has 1 unspecified atom stereocenters. The first kappa shape index (κ1) is 24.6. The molecule has 0 bridgehead atoms. The Bertz CT molecular complexity index is 1400. The number of pyridine rings is 2. The van der Waals surface area contributed by atoms with Crippen molar-refractivity contribution in [2.24, 2.45) is 5.92 Å². The molecule has 5 heterocycles. The quantitative estimate of drug-likeness (QED) is 0.486. The van der Waals surface area contributed by atoms with Gasteiger partial charge in [0.25, 0.3) is 0 Å². The molecule has 3 aromatic heterocycles. The van der Waals surface area contributed by atoms with E-state index in [1.807, 2.05) is 43.6 Å². The van der Waals surface area contributed by atoms with E-state index in [1.165, 1.54) is 10.6 Å². The fourth-order valence-corrected chi connectivity index (χ4v) is 5.55. The van der Waals surface area contributed by atoms with E-state index in [2.05, 4.69) is 15.0 Å². The Kier molecular flexibility index (Phi) is 6.44. The number of halogens is 2. The lowest BCUT2D eigenvalue weighted by Crippen LogP contribution is -2.46. The number of carbonyl (C=O) groups excluding carboxylic acids is 1. The number of piperidine rings is 1. The second-order valence-corrected chi connectivity index (χ2v) is 10.5. The van der Waals surface area contributed by atoms with Crippen LogP contribution in [0.1, 0.15) is 57.2 Å². The Morgan fingerprint density at radius 1 is 1.11 bits per heavy atom. The molecule has 2 aliphatic heterocycles. The molecule has 0 saturated carbocycles. The first-order valence-corrected chi connectivity index (χ1v) is 12.8. The first-order chi connectivity index (χ1) is 17.2. The molecule has 2 aliphatic rings. The zero-order valence-electron chi connectivity index (χ0n) is 21.0. The average molecular weight is 513 g/mol. The van der Waals surface area contributed by atoms with Crippen LogP contribution in [0.4, 0.5) is 10.2 Å². The fraction of sp³-hybridized carbons (Fsp3) is 0.500. The lowest BCUT2D eigenvalue weighted by molar-refractivity contribution is -0.132. The molecule has 5 rings (SSSR count). The summed E-state index contributed by atoms with van der Waals surface area (Å²) < 4.78 is 16.1. The third-order valence-corrected chi connectivity index (χ3v) is 7.66. The van der Waals surface area contributed by atoms with Crippen LogP contribution in [0.5, 0.6) is 0 Å². The monoisotopic (exact) mass is 512 g/mol. The van der Waals surface area contributed by atoms with Gasteiger partial charge in [0.05, 0.1) is 16.8 Å². The van der Waals surface area contributed by atoms with Crippen molar-refractivity contribution in [1.82, 2.24) is 24.4 Å². The Balaban J connectivity index is 1.59. The second kappa shape index (κ2) is 9.42. The molecule has 0 aliphatic carbocycles. The summed E-state index contributed by atoms with van der Waals surface area (Å²) in [6.07, 6.45) is 4.11. The number of amides is 1. The van der Waals surface area contributed by atoms with Crippen molar-refractivity contribution in [3.63, 3.8) is 0 Å². The summed E-state index contributed by atoms with van der Waals surface area (Å²) in [4.78, 5) is 43.3. The van der Waals surface area contributed by atoms with E-state index in [4.69, 9.17) is 11.6 Å². The van der Waals surface area contributed by atoms with Crippen molar-refractivity contribution in [2.75, 3.05) is 24.5 Å². The standard InChI is InChI=1S/C26H30ClFN6O2/c1-14(2)20-21(15(3)5-9-29-20)34-24-18(13-19(28)22(27)30-24)23(31-26(34)36)32-10-7-17(8-11-32)33-12-6-16(4)25(33)35/h5,9,13-14,16-17H,6-8,10-12H2,1-4H3. The highest BCUT2D eigenvalue weighted by molar-refractivity contribution is 6.30. The van der Waals surface area contributed by atoms with Gasteiger partial charge in [-0.05, 0) is 49.8 Å². The number of rotatable bonds is 4. The maximum Gasteiger partial charge on any atom is 0.355 e.